The Labute approximate surface area is 178 Å². The number of carbonyl (C=O) groups is 1. The summed E-state index contributed by atoms with van der Waals surface area (Å²) in [5.74, 6) is -0.242. The fourth-order valence-corrected chi connectivity index (χ4v) is 3.84. The van der Waals surface area contributed by atoms with Gasteiger partial charge in [0.2, 0.25) is 0 Å². The zero-order chi connectivity index (χ0) is 20.2. The number of hydrogen-bond donors (Lipinski definition) is 1. The van der Waals surface area contributed by atoms with E-state index >= 15 is 0 Å². The highest BCUT2D eigenvalue weighted by atomic mass is 79.9. The third kappa shape index (κ3) is 4.15. The highest BCUT2D eigenvalue weighted by molar-refractivity contribution is 9.10. The van der Waals surface area contributed by atoms with Crippen molar-refractivity contribution in [3.63, 3.8) is 0 Å². The van der Waals surface area contributed by atoms with Crippen LogP contribution < -0.4 is 5.43 Å². The molecule has 4 rings (SSSR count). The molecule has 0 aliphatic rings. The number of nitrogens with zero attached hydrogens (tertiary/aromatic N) is 2. The summed E-state index contributed by atoms with van der Waals surface area (Å²) in [5, 5.41) is 5.34. The Morgan fingerprint density at radius 1 is 1.03 bits per heavy atom. The average molecular weight is 446 g/mol. The Morgan fingerprint density at radius 2 is 1.79 bits per heavy atom. The summed E-state index contributed by atoms with van der Waals surface area (Å²) in [4.78, 5) is 12.3. The standard InChI is InChI=1S/C24H20BrN3O/c1-17-22(15-26-27-24(29)19-10-7-11-20(25)14-19)21-12-5-6-13-23(21)28(17)16-18-8-3-2-4-9-18/h2-15H,16H2,1H3,(H,27,29)/b26-15-. The van der Waals surface area contributed by atoms with E-state index in [1.165, 1.54) is 5.56 Å². The van der Waals surface area contributed by atoms with Crippen LogP contribution in [-0.2, 0) is 6.54 Å². The first kappa shape index (κ1) is 19.2. The monoisotopic (exact) mass is 445 g/mol. The summed E-state index contributed by atoms with van der Waals surface area (Å²) >= 11 is 3.38. The molecule has 4 nitrogen and oxygen atoms in total. The highest BCUT2D eigenvalue weighted by Gasteiger charge is 2.13. The van der Waals surface area contributed by atoms with E-state index in [9.17, 15) is 4.79 Å². The molecule has 0 aliphatic carbocycles. The molecule has 0 saturated carbocycles. The number of carbonyl (C=O) groups excluding carboxylic acids is 1. The number of para-hydroxylation sites is 1. The first-order valence-electron chi connectivity index (χ1n) is 9.34. The lowest BCUT2D eigenvalue weighted by atomic mass is 10.1. The van der Waals surface area contributed by atoms with Crippen LogP contribution in [0, 0.1) is 6.92 Å². The molecular weight excluding hydrogens is 426 g/mol. The van der Waals surface area contributed by atoms with Crippen LogP contribution in [0.4, 0.5) is 0 Å². The Kier molecular flexibility index (Phi) is 5.58. The summed E-state index contributed by atoms with van der Waals surface area (Å²) < 4.78 is 3.14. The predicted octanol–water partition coefficient (Wildman–Crippen LogP) is 5.52. The van der Waals surface area contributed by atoms with Crippen molar-refractivity contribution in [3.05, 3.63) is 106 Å². The average Bonchev–Trinajstić information content (AvgIpc) is 3.00. The molecule has 0 saturated heterocycles. The van der Waals surface area contributed by atoms with Crippen LogP contribution in [0.2, 0.25) is 0 Å². The number of hydrogen-bond acceptors (Lipinski definition) is 2. The van der Waals surface area contributed by atoms with Crippen molar-refractivity contribution >= 4 is 39.0 Å². The zero-order valence-electron chi connectivity index (χ0n) is 16.0. The minimum absolute atomic E-state index is 0.242. The van der Waals surface area contributed by atoms with Gasteiger partial charge in [-0.15, -0.1) is 0 Å². The van der Waals surface area contributed by atoms with Crippen molar-refractivity contribution in [1.82, 2.24) is 9.99 Å². The third-order valence-electron chi connectivity index (χ3n) is 4.91. The summed E-state index contributed by atoms with van der Waals surface area (Å²) in [7, 11) is 0. The van der Waals surface area contributed by atoms with E-state index in [4.69, 9.17) is 0 Å². The fourth-order valence-electron chi connectivity index (χ4n) is 3.44. The quantitative estimate of drug-likeness (QED) is 0.318. The molecule has 3 aromatic carbocycles. The summed E-state index contributed by atoms with van der Waals surface area (Å²) in [6.07, 6.45) is 1.73. The van der Waals surface area contributed by atoms with Gasteiger partial charge in [0.1, 0.15) is 0 Å². The molecule has 29 heavy (non-hydrogen) atoms. The molecule has 0 atom stereocenters. The van der Waals surface area contributed by atoms with Crippen molar-refractivity contribution in [1.29, 1.82) is 0 Å². The van der Waals surface area contributed by atoms with Gasteiger partial charge in [-0.2, -0.15) is 5.10 Å². The lowest BCUT2D eigenvalue weighted by molar-refractivity contribution is 0.0955. The first-order valence-corrected chi connectivity index (χ1v) is 10.1. The molecular formula is C24H20BrN3O. The topological polar surface area (TPSA) is 46.4 Å². The molecule has 5 heteroatoms. The number of rotatable bonds is 5. The van der Waals surface area contributed by atoms with E-state index in [0.717, 1.165) is 33.2 Å². The van der Waals surface area contributed by atoms with E-state index in [2.05, 4.69) is 74.3 Å². The number of benzene rings is 3. The van der Waals surface area contributed by atoms with Gasteiger partial charge < -0.3 is 4.57 Å². The van der Waals surface area contributed by atoms with Crippen LogP contribution in [0.5, 0.6) is 0 Å². The number of aromatic nitrogens is 1. The summed E-state index contributed by atoms with van der Waals surface area (Å²) in [6.45, 7) is 2.87. The van der Waals surface area contributed by atoms with Gasteiger partial charge in [-0.25, -0.2) is 5.43 Å². The van der Waals surface area contributed by atoms with Gasteiger partial charge >= 0.3 is 0 Å². The maximum atomic E-state index is 12.3. The van der Waals surface area contributed by atoms with E-state index < -0.39 is 0 Å². The molecule has 0 fully saturated rings. The number of fused-ring (bicyclic) bond motifs is 1. The number of hydrazone groups is 1. The second-order valence-corrected chi connectivity index (χ2v) is 7.71. The Morgan fingerprint density at radius 3 is 2.59 bits per heavy atom. The molecule has 1 amide bonds. The van der Waals surface area contributed by atoms with Crippen molar-refractivity contribution < 1.29 is 4.79 Å². The molecule has 0 unspecified atom stereocenters. The van der Waals surface area contributed by atoms with Gasteiger partial charge in [0.05, 0.1) is 6.21 Å². The third-order valence-corrected chi connectivity index (χ3v) is 5.40. The van der Waals surface area contributed by atoms with E-state index in [1.807, 2.05) is 30.3 Å². The molecule has 0 spiro atoms. The van der Waals surface area contributed by atoms with Crippen LogP contribution in [0.25, 0.3) is 10.9 Å². The molecule has 4 aromatic rings. The van der Waals surface area contributed by atoms with Crippen LogP contribution in [0.1, 0.15) is 27.2 Å². The molecule has 0 aliphatic heterocycles. The van der Waals surface area contributed by atoms with Crippen molar-refractivity contribution in [2.45, 2.75) is 13.5 Å². The summed E-state index contributed by atoms with van der Waals surface area (Å²) in [6, 6.07) is 25.9. The summed E-state index contributed by atoms with van der Waals surface area (Å²) in [5.41, 5.74) is 7.68. The molecule has 0 radical (unpaired) electrons. The molecule has 1 heterocycles. The number of nitrogens with one attached hydrogen (secondary N) is 1. The zero-order valence-corrected chi connectivity index (χ0v) is 17.6. The van der Waals surface area contributed by atoms with Crippen molar-refractivity contribution in [2.24, 2.45) is 5.10 Å². The lowest BCUT2D eigenvalue weighted by Crippen LogP contribution is -2.17. The molecule has 1 aromatic heterocycles. The van der Waals surface area contributed by atoms with E-state index in [-0.39, 0.29) is 5.91 Å². The van der Waals surface area contributed by atoms with Gasteiger partial charge in [0.25, 0.3) is 5.91 Å². The largest absolute Gasteiger partial charge is 0.340 e. The van der Waals surface area contributed by atoms with Gasteiger partial charge in [-0.1, -0.05) is 70.5 Å². The molecule has 0 bridgehead atoms. The molecule has 144 valence electrons. The Hall–Kier alpha value is -3.18. The maximum Gasteiger partial charge on any atom is 0.271 e. The Balaban J connectivity index is 1.63. The van der Waals surface area contributed by atoms with Crippen LogP contribution >= 0.6 is 15.9 Å². The van der Waals surface area contributed by atoms with Gasteiger partial charge in [0.15, 0.2) is 0 Å². The smallest absolute Gasteiger partial charge is 0.271 e. The lowest BCUT2D eigenvalue weighted by Gasteiger charge is -2.08. The van der Waals surface area contributed by atoms with Crippen molar-refractivity contribution in [2.75, 3.05) is 0 Å². The number of halogens is 1. The Bertz CT molecular complexity index is 1200. The van der Waals surface area contributed by atoms with E-state index in [1.54, 1.807) is 18.3 Å². The normalized spacial score (nSPS) is 11.2. The minimum Gasteiger partial charge on any atom is -0.340 e. The second kappa shape index (κ2) is 8.45. The predicted molar refractivity (Wildman–Crippen MR) is 121 cm³/mol. The SMILES string of the molecule is Cc1c(/C=N\NC(=O)c2cccc(Br)c2)c2ccccc2n1Cc1ccccc1. The van der Waals surface area contributed by atoms with Gasteiger partial charge in [-0.3, -0.25) is 4.79 Å². The van der Waals surface area contributed by atoms with Crippen molar-refractivity contribution in [3.8, 4) is 0 Å². The fraction of sp³-hybridized carbons (Fsp3) is 0.0833. The highest BCUT2D eigenvalue weighted by Crippen LogP contribution is 2.25. The van der Waals surface area contributed by atoms with Crippen LogP contribution in [0.3, 0.4) is 0 Å². The second-order valence-electron chi connectivity index (χ2n) is 6.80. The molecule has 1 N–H and O–H groups in total. The van der Waals surface area contributed by atoms with Crippen LogP contribution in [0.15, 0.2) is 88.4 Å². The minimum atomic E-state index is -0.242. The van der Waals surface area contributed by atoms with Crippen LogP contribution in [-0.4, -0.2) is 16.7 Å². The maximum absolute atomic E-state index is 12.3. The van der Waals surface area contributed by atoms with Gasteiger partial charge in [-0.05, 0) is 36.8 Å². The van der Waals surface area contributed by atoms with E-state index in [0.29, 0.717) is 5.56 Å². The first-order chi connectivity index (χ1) is 14.1. The number of amides is 1. The van der Waals surface area contributed by atoms with Gasteiger partial charge in [0, 0.05) is 38.7 Å².